The van der Waals surface area contributed by atoms with Gasteiger partial charge in [-0.1, -0.05) is 12.1 Å². The first kappa shape index (κ1) is 15.1. The summed E-state index contributed by atoms with van der Waals surface area (Å²) in [5, 5.41) is 9.59. The van der Waals surface area contributed by atoms with Crippen LogP contribution in [0.2, 0.25) is 0 Å². The maximum Gasteiger partial charge on any atom is 0.331 e. The molecule has 2 aromatic heterocycles. The van der Waals surface area contributed by atoms with Gasteiger partial charge in [0, 0.05) is 12.2 Å². The minimum Gasteiger partial charge on any atom is -0.308 e. The Balaban J connectivity index is 1.88. The van der Waals surface area contributed by atoms with Crippen LogP contribution < -0.4 is 16.8 Å². The van der Waals surface area contributed by atoms with Crippen LogP contribution in [0.5, 0.6) is 0 Å². The molecule has 0 aliphatic heterocycles. The van der Waals surface area contributed by atoms with Crippen molar-refractivity contribution in [1.29, 1.82) is 5.26 Å². The van der Waals surface area contributed by atoms with Crippen molar-refractivity contribution >= 4 is 10.9 Å². The molecule has 124 valence electrons. The molecule has 0 atom stereocenters. The molecule has 0 amide bonds. The summed E-state index contributed by atoms with van der Waals surface area (Å²) in [6, 6.07) is 8.66. The summed E-state index contributed by atoms with van der Waals surface area (Å²) < 4.78 is 2.36. The van der Waals surface area contributed by atoms with E-state index in [0.717, 1.165) is 17.4 Å². The smallest absolute Gasteiger partial charge is 0.308 e. The van der Waals surface area contributed by atoms with Gasteiger partial charge in [0.25, 0.3) is 11.1 Å². The van der Waals surface area contributed by atoms with E-state index in [1.165, 1.54) is 10.8 Å². The van der Waals surface area contributed by atoms with Gasteiger partial charge in [-0.05, 0) is 25.0 Å². The summed E-state index contributed by atoms with van der Waals surface area (Å²) in [4.78, 5) is 44.0. The number of nitrogens with zero attached hydrogens (tertiary/aromatic N) is 4. The second-order valence-corrected chi connectivity index (χ2v) is 6.00. The average Bonchev–Trinajstić information content (AvgIpc) is 3.44. The molecular weight excluding hydrogens is 322 g/mol. The van der Waals surface area contributed by atoms with Gasteiger partial charge in [0.1, 0.15) is 17.5 Å². The van der Waals surface area contributed by atoms with Gasteiger partial charge in [0.05, 0.1) is 17.4 Å². The van der Waals surface area contributed by atoms with Crippen molar-refractivity contribution in [3.63, 3.8) is 0 Å². The minimum atomic E-state index is -0.680. The van der Waals surface area contributed by atoms with Crippen LogP contribution >= 0.6 is 0 Å². The number of aromatic nitrogens is 4. The highest BCUT2D eigenvalue weighted by Crippen LogP contribution is 2.33. The lowest BCUT2D eigenvalue weighted by molar-refractivity contribution is 0.577. The molecule has 1 aliphatic carbocycles. The Labute approximate surface area is 140 Å². The van der Waals surface area contributed by atoms with Gasteiger partial charge < -0.3 is 4.98 Å². The van der Waals surface area contributed by atoms with Crippen LogP contribution in [0.4, 0.5) is 0 Å². The van der Waals surface area contributed by atoms with Crippen molar-refractivity contribution in [3.05, 3.63) is 73.0 Å². The zero-order chi connectivity index (χ0) is 17.6. The van der Waals surface area contributed by atoms with E-state index in [0.29, 0.717) is 10.9 Å². The average molecular weight is 335 g/mol. The molecule has 1 fully saturated rings. The summed E-state index contributed by atoms with van der Waals surface area (Å²) in [6.45, 7) is -0.194. The molecule has 3 aromatic rings. The fourth-order valence-electron chi connectivity index (χ4n) is 2.81. The molecule has 8 heteroatoms. The number of para-hydroxylation sites is 1. The zero-order valence-corrected chi connectivity index (χ0v) is 13.1. The van der Waals surface area contributed by atoms with Crippen molar-refractivity contribution in [2.75, 3.05) is 0 Å². The molecule has 2 heterocycles. The fraction of sp³-hybridized carbons (Fsp3) is 0.235. The molecule has 0 radical (unpaired) electrons. The molecule has 1 saturated carbocycles. The van der Waals surface area contributed by atoms with E-state index >= 15 is 0 Å². The predicted octanol–water partition coefficient (Wildman–Crippen LogP) is 0.501. The Morgan fingerprint density at radius 2 is 2.00 bits per heavy atom. The second-order valence-electron chi connectivity index (χ2n) is 6.00. The fourth-order valence-corrected chi connectivity index (χ4v) is 2.81. The van der Waals surface area contributed by atoms with Crippen LogP contribution in [0.15, 0.2) is 44.8 Å². The van der Waals surface area contributed by atoms with E-state index < -0.39 is 11.2 Å². The lowest BCUT2D eigenvalue weighted by Crippen LogP contribution is -2.41. The van der Waals surface area contributed by atoms with Crippen LogP contribution in [0.25, 0.3) is 10.9 Å². The van der Waals surface area contributed by atoms with Crippen molar-refractivity contribution in [2.45, 2.75) is 25.4 Å². The SMILES string of the molecule is N#Cc1cn(C2CC2)c(=O)n(Cc2nc3ccccc3c(=O)[nH]2)c1=O. The number of benzene rings is 1. The van der Waals surface area contributed by atoms with E-state index in [2.05, 4.69) is 9.97 Å². The predicted molar refractivity (Wildman–Crippen MR) is 89.4 cm³/mol. The van der Waals surface area contributed by atoms with Crippen molar-refractivity contribution < 1.29 is 0 Å². The topological polar surface area (TPSA) is 114 Å². The summed E-state index contributed by atoms with van der Waals surface area (Å²) in [5.41, 5.74) is -1.14. The quantitative estimate of drug-likeness (QED) is 0.749. The molecule has 0 bridgehead atoms. The third kappa shape index (κ3) is 2.55. The lowest BCUT2D eigenvalue weighted by Gasteiger charge is -2.10. The molecule has 0 unspecified atom stereocenters. The van der Waals surface area contributed by atoms with Crippen LogP contribution in [0.3, 0.4) is 0 Å². The lowest BCUT2D eigenvalue weighted by atomic mass is 10.2. The molecular formula is C17H13N5O3. The van der Waals surface area contributed by atoms with Gasteiger partial charge in [-0.2, -0.15) is 5.26 Å². The maximum absolute atomic E-state index is 12.6. The Kier molecular flexibility index (Phi) is 3.35. The van der Waals surface area contributed by atoms with Gasteiger partial charge in [-0.15, -0.1) is 0 Å². The molecule has 8 nitrogen and oxygen atoms in total. The highest BCUT2D eigenvalue weighted by Gasteiger charge is 2.27. The van der Waals surface area contributed by atoms with Gasteiger partial charge in [0.15, 0.2) is 0 Å². The second kappa shape index (κ2) is 5.56. The van der Waals surface area contributed by atoms with Gasteiger partial charge in [-0.25, -0.2) is 9.78 Å². The molecule has 1 N–H and O–H groups in total. The number of aromatic amines is 1. The first-order valence-corrected chi connectivity index (χ1v) is 7.82. The molecule has 4 rings (SSSR count). The third-order valence-corrected chi connectivity index (χ3v) is 4.23. The molecule has 25 heavy (non-hydrogen) atoms. The number of hydrogen-bond acceptors (Lipinski definition) is 5. The van der Waals surface area contributed by atoms with Crippen molar-refractivity contribution in [3.8, 4) is 6.07 Å². The highest BCUT2D eigenvalue weighted by molar-refractivity contribution is 5.77. The normalized spacial score (nSPS) is 13.7. The largest absolute Gasteiger partial charge is 0.331 e. The van der Waals surface area contributed by atoms with E-state index in [-0.39, 0.29) is 29.5 Å². The summed E-state index contributed by atoms with van der Waals surface area (Å²) in [6.07, 6.45) is 3.00. The summed E-state index contributed by atoms with van der Waals surface area (Å²) in [7, 11) is 0. The highest BCUT2D eigenvalue weighted by atomic mass is 16.2. The minimum absolute atomic E-state index is 0.0232. The number of rotatable bonds is 3. The van der Waals surface area contributed by atoms with Gasteiger partial charge in [0.2, 0.25) is 0 Å². The maximum atomic E-state index is 12.6. The van der Waals surface area contributed by atoms with E-state index in [9.17, 15) is 14.4 Å². The summed E-state index contributed by atoms with van der Waals surface area (Å²) >= 11 is 0. The van der Waals surface area contributed by atoms with Crippen molar-refractivity contribution in [1.82, 2.24) is 19.1 Å². The first-order valence-electron chi connectivity index (χ1n) is 7.82. The molecule has 0 saturated heterocycles. The molecule has 1 aromatic carbocycles. The Morgan fingerprint density at radius 3 is 2.72 bits per heavy atom. The van der Waals surface area contributed by atoms with E-state index in [1.54, 1.807) is 24.3 Å². The molecule has 0 spiro atoms. The standard InChI is InChI=1S/C17H13N5O3/c18-7-10-8-21(11-5-6-11)17(25)22(16(10)24)9-14-19-13-4-2-1-3-12(13)15(23)20-14/h1-4,8,11H,5-6,9H2,(H,19,20,23). The monoisotopic (exact) mass is 335 g/mol. The first-order chi connectivity index (χ1) is 12.1. The van der Waals surface area contributed by atoms with E-state index in [1.807, 2.05) is 6.07 Å². The Hall–Kier alpha value is -3.47. The van der Waals surface area contributed by atoms with Crippen LogP contribution in [0, 0.1) is 11.3 Å². The number of H-pyrrole nitrogens is 1. The molecule has 1 aliphatic rings. The zero-order valence-electron chi connectivity index (χ0n) is 13.1. The van der Waals surface area contributed by atoms with Gasteiger partial charge >= 0.3 is 5.69 Å². The van der Waals surface area contributed by atoms with E-state index in [4.69, 9.17) is 5.26 Å². The Morgan fingerprint density at radius 1 is 1.24 bits per heavy atom. The van der Waals surface area contributed by atoms with Crippen LogP contribution in [-0.4, -0.2) is 19.1 Å². The van der Waals surface area contributed by atoms with Crippen LogP contribution in [0.1, 0.15) is 30.3 Å². The van der Waals surface area contributed by atoms with Gasteiger partial charge in [-0.3, -0.25) is 18.7 Å². The summed E-state index contributed by atoms with van der Waals surface area (Å²) in [5.74, 6) is 0.195. The number of hydrogen-bond donors (Lipinski definition) is 1. The third-order valence-electron chi connectivity index (χ3n) is 4.23. The Bertz CT molecular complexity index is 1210. The number of fused-ring (bicyclic) bond motifs is 1. The van der Waals surface area contributed by atoms with Crippen molar-refractivity contribution in [2.24, 2.45) is 0 Å². The van der Waals surface area contributed by atoms with Crippen LogP contribution in [-0.2, 0) is 6.54 Å². The number of nitrogens with one attached hydrogen (secondary N) is 1. The number of nitriles is 1.